The SMILES string of the molecule is C=CC[n+]1ccc(C=C2C=C(C)c3ccccc3N2CC)cc1.[I-]. The summed E-state index contributed by atoms with van der Waals surface area (Å²) in [6.07, 6.45) is 10.6. The van der Waals surface area contributed by atoms with E-state index in [2.05, 4.69) is 90.8 Å². The van der Waals surface area contributed by atoms with E-state index in [0.29, 0.717) is 0 Å². The first-order valence-electron chi connectivity index (χ1n) is 8.10. The summed E-state index contributed by atoms with van der Waals surface area (Å²) in [6, 6.07) is 12.9. The number of hydrogen-bond acceptors (Lipinski definition) is 1. The van der Waals surface area contributed by atoms with Crippen LogP contribution in [0.15, 0.2) is 73.2 Å². The van der Waals surface area contributed by atoms with E-state index in [-0.39, 0.29) is 24.0 Å². The van der Waals surface area contributed by atoms with Gasteiger partial charge in [-0.05, 0) is 49.3 Å². The molecule has 0 radical (unpaired) electrons. The van der Waals surface area contributed by atoms with E-state index in [4.69, 9.17) is 0 Å². The highest BCUT2D eigenvalue weighted by Crippen LogP contribution is 2.35. The van der Waals surface area contributed by atoms with Crippen LogP contribution >= 0.6 is 0 Å². The molecule has 0 saturated carbocycles. The van der Waals surface area contributed by atoms with E-state index in [9.17, 15) is 0 Å². The van der Waals surface area contributed by atoms with Crippen LogP contribution in [0.1, 0.15) is 25.0 Å². The average molecular weight is 430 g/mol. The van der Waals surface area contributed by atoms with Crippen LogP contribution in [0, 0.1) is 0 Å². The molecular weight excluding hydrogens is 407 g/mol. The number of allylic oxidation sites excluding steroid dienone is 3. The van der Waals surface area contributed by atoms with E-state index in [1.165, 1.54) is 28.1 Å². The van der Waals surface area contributed by atoms with Crippen molar-refractivity contribution in [1.29, 1.82) is 0 Å². The molecule has 24 heavy (non-hydrogen) atoms. The molecule has 1 aliphatic rings. The van der Waals surface area contributed by atoms with Crippen LogP contribution in [0.25, 0.3) is 11.6 Å². The first kappa shape index (κ1) is 18.5. The molecule has 2 nitrogen and oxygen atoms in total. The van der Waals surface area contributed by atoms with Crippen molar-refractivity contribution in [2.45, 2.75) is 20.4 Å². The van der Waals surface area contributed by atoms with Gasteiger partial charge in [0.2, 0.25) is 0 Å². The van der Waals surface area contributed by atoms with E-state index >= 15 is 0 Å². The lowest BCUT2D eigenvalue weighted by Crippen LogP contribution is -3.00. The summed E-state index contributed by atoms with van der Waals surface area (Å²) >= 11 is 0. The predicted molar refractivity (Wildman–Crippen MR) is 97.9 cm³/mol. The van der Waals surface area contributed by atoms with Gasteiger partial charge in [-0.3, -0.25) is 0 Å². The van der Waals surface area contributed by atoms with Crippen LogP contribution in [-0.2, 0) is 6.54 Å². The molecule has 0 N–H and O–H groups in total. The number of para-hydroxylation sites is 1. The molecule has 1 aromatic heterocycles. The quantitative estimate of drug-likeness (QED) is 0.405. The fraction of sp³-hybridized carbons (Fsp3) is 0.190. The minimum Gasteiger partial charge on any atom is -1.00 e. The standard InChI is InChI=1S/C21H23N2.HI/c1-4-12-22-13-10-18(11-14-22)16-19-15-17(3)20-8-6-7-9-21(20)23(19)5-2;/h4,6-11,13-16H,1,5,12H2,2-3H3;1H/q+1;/p-1. The number of aromatic nitrogens is 1. The Labute approximate surface area is 161 Å². The van der Waals surface area contributed by atoms with Gasteiger partial charge in [-0.1, -0.05) is 24.8 Å². The lowest BCUT2D eigenvalue weighted by molar-refractivity contribution is -0.687. The number of nitrogens with zero attached hydrogens (tertiary/aromatic N) is 2. The van der Waals surface area contributed by atoms with Gasteiger partial charge >= 0.3 is 0 Å². The summed E-state index contributed by atoms with van der Waals surface area (Å²) in [4.78, 5) is 2.37. The van der Waals surface area contributed by atoms with Crippen molar-refractivity contribution in [2.75, 3.05) is 11.4 Å². The van der Waals surface area contributed by atoms with Crippen LogP contribution in [0.5, 0.6) is 0 Å². The molecule has 0 saturated heterocycles. The molecule has 2 heterocycles. The highest BCUT2D eigenvalue weighted by Gasteiger charge is 2.18. The summed E-state index contributed by atoms with van der Waals surface area (Å²) < 4.78 is 2.11. The maximum atomic E-state index is 3.78. The zero-order chi connectivity index (χ0) is 16.2. The van der Waals surface area contributed by atoms with E-state index in [1.54, 1.807) is 0 Å². The molecule has 1 aromatic carbocycles. The highest BCUT2D eigenvalue weighted by molar-refractivity contribution is 5.85. The number of hydrogen-bond donors (Lipinski definition) is 0. The van der Waals surface area contributed by atoms with Gasteiger partial charge in [-0.2, -0.15) is 0 Å². The molecule has 3 rings (SSSR count). The van der Waals surface area contributed by atoms with E-state index < -0.39 is 0 Å². The third-order valence-electron chi connectivity index (χ3n) is 4.18. The highest BCUT2D eigenvalue weighted by atomic mass is 127. The Morgan fingerprint density at radius 2 is 1.83 bits per heavy atom. The molecule has 0 aliphatic carbocycles. The molecule has 124 valence electrons. The van der Waals surface area contributed by atoms with Crippen molar-refractivity contribution >= 4 is 17.3 Å². The molecule has 0 unspecified atom stereocenters. The third-order valence-corrected chi connectivity index (χ3v) is 4.18. The van der Waals surface area contributed by atoms with E-state index in [1.807, 2.05) is 6.08 Å². The molecule has 2 aromatic rings. The van der Waals surface area contributed by atoms with Gasteiger partial charge in [0.05, 0.1) is 0 Å². The van der Waals surface area contributed by atoms with Crippen molar-refractivity contribution < 1.29 is 28.5 Å². The number of halogens is 1. The number of rotatable bonds is 4. The normalized spacial score (nSPS) is 14.7. The Kier molecular flexibility index (Phi) is 6.37. The van der Waals surface area contributed by atoms with Crippen molar-refractivity contribution in [1.82, 2.24) is 0 Å². The molecule has 0 fully saturated rings. The van der Waals surface area contributed by atoms with Crippen LogP contribution in [-0.4, -0.2) is 6.54 Å². The van der Waals surface area contributed by atoms with Crippen molar-refractivity contribution in [2.24, 2.45) is 0 Å². The third kappa shape index (κ3) is 3.78. The molecule has 0 spiro atoms. The summed E-state index contributed by atoms with van der Waals surface area (Å²) in [7, 11) is 0. The van der Waals surface area contributed by atoms with E-state index in [0.717, 1.165) is 13.1 Å². The Morgan fingerprint density at radius 1 is 1.12 bits per heavy atom. The smallest absolute Gasteiger partial charge is 0.169 e. The number of anilines is 1. The fourth-order valence-electron chi connectivity index (χ4n) is 3.04. The second-order valence-electron chi connectivity index (χ2n) is 5.77. The second kappa shape index (κ2) is 8.29. The van der Waals surface area contributed by atoms with Crippen molar-refractivity contribution in [3.63, 3.8) is 0 Å². The minimum atomic E-state index is 0. The lowest BCUT2D eigenvalue weighted by Gasteiger charge is -2.31. The summed E-state index contributed by atoms with van der Waals surface area (Å²) in [5, 5.41) is 0. The maximum absolute atomic E-state index is 3.78. The summed E-state index contributed by atoms with van der Waals surface area (Å²) in [6.45, 7) is 9.95. The molecule has 3 heteroatoms. The van der Waals surface area contributed by atoms with Crippen molar-refractivity contribution in [3.8, 4) is 0 Å². The van der Waals surface area contributed by atoms with Crippen LogP contribution < -0.4 is 33.4 Å². The number of benzene rings is 1. The van der Waals surface area contributed by atoms with Crippen molar-refractivity contribution in [3.05, 3.63) is 84.3 Å². The maximum Gasteiger partial charge on any atom is 0.169 e. The Balaban J connectivity index is 0.00000208. The largest absolute Gasteiger partial charge is 1.00 e. The fourth-order valence-corrected chi connectivity index (χ4v) is 3.04. The number of pyridine rings is 1. The summed E-state index contributed by atoms with van der Waals surface area (Å²) in [5.74, 6) is 0. The first-order valence-corrected chi connectivity index (χ1v) is 8.10. The minimum absolute atomic E-state index is 0. The average Bonchev–Trinajstić information content (AvgIpc) is 2.57. The van der Waals surface area contributed by atoms with Gasteiger partial charge in [0.15, 0.2) is 18.9 Å². The van der Waals surface area contributed by atoms with Gasteiger partial charge < -0.3 is 28.9 Å². The molecule has 0 amide bonds. The Morgan fingerprint density at radius 3 is 2.50 bits per heavy atom. The summed E-state index contributed by atoms with van der Waals surface area (Å²) in [5.41, 5.74) is 6.38. The molecule has 0 bridgehead atoms. The zero-order valence-corrected chi connectivity index (χ0v) is 16.4. The number of likely N-dealkylation sites (N-methyl/N-ethyl adjacent to an activating group) is 1. The monoisotopic (exact) mass is 430 g/mol. The predicted octanol–water partition coefficient (Wildman–Crippen LogP) is 1.45. The van der Waals surface area contributed by atoms with Gasteiger partial charge in [-0.15, -0.1) is 0 Å². The van der Waals surface area contributed by atoms with Crippen LogP contribution in [0.3, 0.4) is 0 Å². The van der Waals surface area contributed by atoms with Gasteiger partial charge in [0.1, 0.15) is 0 Å². The Bertz CT molecular complexity index is 773. The van der Waals surface area contributed by atoms with Gasteiger partial charge in [0.25, 0.3) is 0 Å². The second-order valence-corrected chi connectivity index (χ2v) is 5.77. The van der Waals surface area contributed by atoms with Gasteiger partial charge in [-0.25, -0.2) is 4.57 Å². The Hall–Kier alpha value is -1.88. The molecule has 1 aliphatic heterocycles. The van der Waals surface area contributed by atoms with Crippen LogP contribution in [0.2, 0.25) is 0 Å². The molecule has 0 atom stereocenters. The lowest BCUT2D eigenvalue weighted by atomic mass is 9.98. The topological polar surface area (TPSA) is 7.12 Å². The number of fused-ring (bicyclic) bond motifs is 1. The van der Waals surface area contributed by atoms with Gasteiger partial charge in [0, 0.05) is 35.6 Å². The molecular formula is C21H23IN2. The van der Waals surface area contributed by atoms with Crippen LogP contribution in [0.4, 0.5) is 5.69 Å². The zero-order valence-electron chi connectivity index (χ0n) is 14.2. The first-order chi connectivity index (χ1) is 11.2.